The summed E-state index contributed by atoms with van der Waals surface area (Å²) >= 11 is 6.27. The lowest BCUT2D eigenvalue weighted by Crippen LogP contribution is -2.17. The maximum absolute atomic E-state index is 14.6. The Kier molecular flexibility index (Phi) is 23.3. The Bertz CT molecular complexity index is 3750. The van der Waals surface area contributed by atoms with Crippen LogP contribution < -0.4 is 41.8 Å². The highest BCUT2D eigenvalue weighted by atomic mass is 35.5. The number of nitrogen functional groups attached to an aromatic ring is 1. The molecule has 4 aromatic heterocycles. The van der Waals surface area contributed by atoms with Crippen LogP contribution in [0.5, 0.6) is 11.5 Å². The van der Waals surface area contributed by atoms with Crippen molar-refractivity contribution in [1.29, 1.82) is 0 Å². The molecule has 0 radical (unpaired) electrons. The van der Waals surface area contributed by atoms with E-state index < -0.39 is 17.5 Å². The standard InChI is InChI=1S/C26H27ClFN3O3.C25H30FN5O2.C14H14FN3O2/c1-16(32)30-24-11-17(9-10-29-24)15-34-20-6-8-23(22(28)14-20)31-25(33)13-18-12-19(26(2,3)4)5-7-21(18)27;1-16(32)28-23-13-18(10-11-27-23)7-6-17-8-9-21(20(26)12-17)29-24(33)15-19-14-22(25(2,3)4)30-31(19)5;1-9(19)18-14-6-10(4-5-17-14)8-20-11-2-3-13(16)12(15)7-11/h5-12,14H,13,15H2,1-4H3,(H,31,33)(H,29,30,32);8-14H,6-7,15H2,1-5H3,(H,29,33)(H,27,28,32);2-7H,8,16H2,1H3,(H,17,18,19). The van der Waals surface area contributed by atoms with Crippen LogP contribution in [0.15, 0.2) is 134 Å². The highest BCUT2D eigenvalue weighted by Crippen LogP contribution is 2.29. The summed E-state index contributed by atoms with van der Waals surface area (Å²) in [6.45, 7) is 17.0. The molecule has 5 amide bonds. The van der Waals surface area contributed by atoms with Crippen molar-refractivity contribution in [3.8, 4) is 11.5 Å². The summed E-state index contributed by atoms with van der Waals surface area (Å²) in [5.41, 5.74) is 12.2. The van der Waals surface area contributed by atoms with Crippen LogP contribution in [-0.4, -0.2) is 54.3 Å². The molecule has 7 N–H and O–H groups in total. The minimum Gasteiger partial charge on any atom is -0.489 e. The SMILES string of the molecule is CC(=O)Nc1cc(CCc2ccc(NC(=O)Cc3cc(C(C)(C)C)nn3C)c(F)c2)ccn1.CC(=O)Nc1cc(COc2ccc(N)c(F)c2)ccn1.CC(=O)Nc1cc(COc2ccc(NC(=O)Cc3cc(C(C)(C)C)ccc3Cl)c(F)c2)ccn1. The first-order chi connectivity index (χ1) is 41.1. The number of hydrogen-bond acceptors (Lipinski definition) is 12. The zero-order chi connectivity index (χ0) is 63.6. The van der Waals surface area contributed by atoms with E-state index in [9.17, 15) is 37.1 Å². The van der Waals surface area contributed by atoms with Crippen LogP contribution in [-0.2, 0) is 80.7 Å². The summed E-state index contributed by atoms with van der Waals surface area (Å²) in [4.78, 5) is 70.5. The van der Waals surface area contributed by atoms with Crippen molar-refractivity contribution in [3.63, 3.8) is 0 Å². The van der Waals surface area contributed by atoms with Crippen molar-refractivity contribution in [2.24, 2.45) is 7.05 Å². The van der Waals surface area contributed by atoms with Crippen molar-refractivity contribution in [1.82, 2.24) is 24.7 Å². The first kappa shape index (κ1) is 66.5. The largest absolute Gasteiger partial charge is 0.489 e. The molecule has 456 valence electrons. The molecule has 0 bridgehead atoms. The number of hydrogen-bond donors (Lipinski definition) is 6. The van der Waals surface area contributed by atoms with Crippen LogP contribution in [0.3, 0.4) is 0 Å². The van der Waals surface area contributed by atoms with Gasteiger partial charge in [-0.2, -0.15) is 5.10 Å². The maximum atomic E-state index is 14.6. The van der Waals surface area contributed by atoms with E-state index >= 15 is 0 Å². The molecule has 0 saturated carbocycles. The summed E-state index contributed by atoms with van der Waals surface area (Å²) in [5.74, 6) is -0.859. The number of benzene rings is 4. The molecule has 0 atom stereocenters. The van der Waals surface area contributed by atoms with Gasteiger partial charge >= 0.3 is 0 Å². The van der Waals surface area contributed by atoms with Crippen LogP contribution in [0.1, 0.15) is 107 Å². The highest BCUT2D eigenvalue weighted by molar-refractivity contribution is 6.31. The Balaban J connectivity index is 0.000000216. The van der Waals surface area contributed by atoms with Crippen LogP contribution in [0.2, 0.25) is 5.02 Å². The van der Waals surface area contributed by atoms with E-state index in [1.807, 2.05) is 24.3 Å². The Morgan fingerprint density at radius 2 is 0.989 bits per heavy atom. The highest BCUT2D eigenvalue weighted by Gasteiger charge is 2.21. The summed E-state index contributed by atoms with van der Waals surface area (Å²) in [5, 5.41) is 18.0. The lowest BCUT2D eigenvalue weighted by molar-refractivity contribution is -0.116. The second kappa shape index (κ2) is 30.4. The number of nitrogens with one attached hydrogen (secondary N) is 5. The van der Waals surface area contributed by atoms with Crippen molar-refractivity contribution >= 4 is 75.7 Å². The molecule has 8 rings (SSSR count). The smallest absolute Gasteiger partial charge is 0.230 e. The van der Waals surface area contributed by atoms with Gasteiger partial charge in [0.2, 0.25) is 29.5 Å². The van der Waals surface area contributed by atoms with Gasteiger partial charge in [-0.15, -0.1) is 0 Å². The van der Waals surface area contributed by atoms with Crippen molar-refractivity contribution in [2.45, 2.75) is 112 Å². The van der Waals surface area contributed by atoms with Gasteiger partial charge in [-0.25, -0.2) is 28.1 Å². The predicted molar refractivity (Wildman–Crippen MR) is 332 cm³/mol. The molecule has 0 aliphatic rings. The third kappa shape index (κ3) is 21.7. The second-order valence-corrected chi connectivity index (χ2v) is 22.7. The van der Waals surface area contributed by atoms with Gasteiger partial charge in [0.15, 0.2) is 0 Å². The van der Waals surface area contributed by atoms with E-state index in [2.05, 4.69) is 88.2 Å². The summed E-state index contributed by atoms with van der Waals surface area (Å²) < 4.78 is 55.3. The number of anilines is 6. The predicted octanol–water partition coefficient (Wildman–Crippen LogP) is 12.4. The van der Waals surface area contributed by atoms with Gasteiger partial charge in [0.05, 0.1) is 35.6 Å². The Morgan fingerprint density at radius 1 is 0.529 bits per heavy atom. The molecule has 0 aliphatic heterocycles. The van der Waals surface area contributed by atoms with Crippen molar-refractivity contribution < 1.29 is 46.6 Å². The number of aryl methyl sites for hydroxylation is 3. The number of pyridine rings is 3. The number of amides is 5. The van der Waals surface area contributed by atoms with Crippen LogP contribution in [0.4, 0.5) is 47.7 Å². The minimum atomic E-state index is -0.617. The first-order valence-electron chi connectivity index (χ1n) is 27.5. The van der Waals surface area contributed by atoms with E-state index in [1.165, 1.54) is 51.1 Å². The molecular weight excluding hydrogens is 1140 g/mol. The Hall–Kier alpha value is -9.63. The lowest BCUT2D eigenvalue weighted by atomic mass is 9.86. The first-order valence-corrected chi connectivity index (χ1v) is 27.9. The van der Waals surface area contributed by atoms with E-state index in [1.54, 1.807) is 91.0 Å². The van der Waals surface area contributed by atoms with Gasteiger partial charge in [-0.3, -0.25) is 28.7 Å². The number of carbonyl (C=O) groups is 5. The summed E-state index contributed by atoms with van der Waals surface area (Å²) in [6, 6.07) is 31.4. The number of nitrogens with two attached hydrogens (primary N) is 1. The third-order valence-corrected chi connectivity index (χ3v) is 13.1. The van der Waals surface area contributed by atoms with Gasteiger partial charge in [-0.1, -0.05) is 71.3 Å². The van der Waals surface area contributed by atoms with Gasteiger partial charge in [-0.05, 0) is 137 Å². The van der Waals surface area contributed by atoms with Crippen LogP contribution >= 0.6 is 11.6 Å². The second-order valence-electron chi connectivity index (χ2n) is 22.3. The van der Waals surface area contributed by atoms with Crippen LogP contribution in [0, 0.1) is 17.5 Å². The van der Waals surface area contributed by atoms with E-state index in [0.29, 0.717) is 52.4 Å². The van der Waals surface area contributed by atoms with Crippen molar-refractivity contribution in [3.05, 3.63) is 201 Å². The van der Waals surface area contributed by atoms with Gasteiger partial charge in [0, 0.05) is 74.7 Å². The van der Waals surface area contributed by atoms with E-state index in [0.717, 1.165) is 39.2 Å². The Labute approximate surface area is 508 Å². The zero-order valence-corrected chi connectivity index (χ0v) is 50.9. The number of carbonyl (C=O) groups excluding carboxylic acids is 5. The molecule has 18 nitrogen and oxygen atoms in total. The van der Waals surface area contributed by atoms with Crippen molar-refractivity contribution in [2.75, 3.05) is 32.3 Å². The van der Waals surface area contributed by atoms with Gasteiger partial charge < -0.3 is 41.8 Å². The number of halogens is 4. The molecule has 0 unspecified atom stereocenters. The monoisotopic (exact) mass is 1210 g/mol. The molecule has 22 heteroatoms. The molecule has 0 saturated heterocycles. The minimum absolute atomic E-state index is 0.0269. The number of rotatable bonds is 18. The number of ether oxygens (including phenoxy) is 2. The van der Waals surface area contributed by atoms with Crippen LogP contribution in [0.25, 0.3) is 0 Å². The molecule has 0 fully saturated rings. The maximum Gasteiger partial charge on any atom is 0.230 e. The molecular formula is C65H71ClF3N11O7. The van der Waals surface area contributed by atoms with E-state index in [-0.39, 0.29) is 83.5 Å². The lowest BCUT2D eigenvalue weighted by Gasteiger charge is -2.20. The molecule has 8 aromatic rings. The summed E-state index contributed by atoms with van der Waals surface area (Å²) in [7, 11) is 1.80. The number of nitrogens with zero attached hydrogens (tertiary/aromatic N) is 5. The molecule has 4 heterocycles. The molecule has 0 aliphatic carbocycles. The fourth-order valence-electron chi connectivity index (χ4n) is 8.17. The average molecular weight is 1210 g/mol. The fraction of sp³-hybridized carbons (Fsp3) is 0.277. The van der Waals surface area contributed by atoms with Gasteiger partial charge in [0.1, 0.15) is 59.6 Å². The fourth-order valence-corrected chi connectivity index (χ4v) is 8.35. The number of aromatic nitrogens is 5. The third-order valence-electron chi connectivity index (χ3n) is 12.7. The van der Waals surface area contributed by atoms with Gasteiger partial charge in [0.25, 0.3) is 0 Å². The zero-order valence-electron chi connectivity index (χ0n) is 50.1. The van der Waals surface area contributed by atoms with E-state index in [4.69, 9.17) is 26.8 Å². The quantitative estimate of drug-likeness (QED) is 0.0439. The topological polar surface area (TPSA) is 246 Å². The Morgan fingerprint density at radius 3 is 1.46 bits per heavy atom. The summed E-state index contributed by atoms with van der Waals surface area (Å²) in [6.07, 6.45) is 6.15. The molecule has 0 spiro atoms. The average Bonchev–Trinajstić information content (AvgIpc) is 4.00. The normalized spacial score (nSPS) is 11.0. The molecule has 87 heavy (non-hydrogen) atoms. The molecule has 4 aromatic carbocycles.